The first-order valence-electron chi connectivity index (χ1n) is 14.4. The standard InChI is InChI=1S/C32H40N4O8S/c1-7-29(32(38)33-19-22(2)3)34(20-24-9-8-10-27(17-24)44-6)31(37)21-35(25-12-14-26(43-5)15-13-25)45(41,42)28-16-11-23(4)30(18-28)36(39)40/h8-18,22,29H,7,19-21H2,1-6H3,(H,33,38)/t29-/m0/s1. The number of rotatable bonds is 15. The van der Waals surface area contributed by atoms with Crippen LogP contribution in [0.1, 0.15) is 38.3 Å². The molecule has 45 heavy (non-hydrogen) atoms. The number of amides is 2. The molecule has 13 heteroatoms. The highest BCUT2D eigenvalue weighted by molar-refractivity contribution is 7.92. The molecule has 2 amide bonds. The van der Waals surface area contributed by atoms with Gasteiger partial charge in [-0.2, -0.15) is 0 Å². The highest BCUT2D eigenvalue weighted by atomic mass is 32.2. The summed E-state index contributed by atoms with van der Waals surface area (Å²) in [7, 11) is -1.53. The number of ether oxygens (including phenoxy) is 2. The van der Waals surface area contributed by atoms with Crippen molar-refractivity contribution in [3.63, 3.8) is 0 Å². The fourth-order valence-electron chi connectivity index (χ4n) is 4.66. The lowest BCUT2D eigenvalue weighted by molar-refractivity contribution is -0.385. The van der Waals surface area contributed by atoms with Crippen molar-refractivity contribution in [3.8, 4) is 11.5 Å². The van der Waals surface area contributed by atoms with Gasteiger partial charge in [0, 0.05) is 24.7 Å². The zero-order valence-corrected chi connectivity index (χ0v) is 27.2. The smallest absolute Gasteiger partial charge is 0.273 e. The summed E-state index contributed by atoms with van der Waals surface area (Å²) >= 11 is 0. The lowest BCUT2D eigenvalue weighted by atomic mass is 10.1. The predicted octanol–water partition coefficient (Wildman–Crippen LogP) is 4.70. The summed E-state index contributed by atoms with van der Waals surface area (Å²) in [5.41, 5.74) is 0.718. The van der Waals surface area contributed by atoms with E-state index in [2.05, 4.69) is 5.32 Å². The second-order valence-electron chi connectivity index (χ2n) is 10.9. The molecule has 0 aliphatic carbocycles. The first-order valence-corrected chi connectivity index (χ1v) is 15.9. The highest BCUT2D eigenvalue weighted by Gasteiger charge is 2.34. The van der Waals surface area contributed by atoms with Crippen LogP contribution in [0.5, 0.6) is 11.5 Å². The number of hydrogen-bond acceptors (Lipinski definition) is 8. The number of hydrogen-bond donors (Lipinski definition) is 1. The van der Waals surface area contributed by atoms with Crippen LogP contribution in [0.25, 0.3) is 0 Å². The van der Waals surface area contributed by atoms with Crippen LogP contribution in [0.2, 0.25) is 0 Å². The Morgan fingerprint density at radius 3 is 2.22 bits per heavy atom. The van der Waals surface area contributed by atoms with Crippen molar-refractivity contribution in [2.45, 2.75) is 51.6 Å². The molecule has 0 saturated carbocycles. The minimum absolute atomic E-state index is 0.00383. The molecule has 3 aromatic carbocycles. The fraction of sp³-hybridized carbons (Fsp3) is 0.375. The number of nitrogens with one attached hydrogen (secondary N) is 1. The summed E-state index contributed by atoms with van der Waals surface area (Å²) in [6, 6.07) is 15.8. The number of carbonyl (C=O) groups is 2. The van der Waals surface area contributed by atoms with Crippen LogP contribution < -0.4 is 19.1 Å². The third-order valence-corrected chi connectivity index (χ3v) is 8.93. The molecule has 0 radical (unpaired) electrons. The molecule has 0 aliphatic heterocycles. The van der Waals surface area contributed by atoms with Gasteiger partial charge in [0.1, 0.15) is 24.1 Å². The molecule has 242 valence electrons. The highest BCUT2D eigenvalue weighted by Crippen LogP contribution is 2.30. The molecule has 0 saturated heterocycles. The molecule has 0 heterocycles. The van der Waals surface area contributed by atoms with E-state index in [1.165, 1.54) is 50.3 Å². The van der Waals surface area contributed by atoms with Gasteiger partial charge in [-0.3, -0.25) is 24.0 Å². The molecule has 12 nitrogen and oxygen atoms in total. The molecule has 1 atom stereocenters. The summed E-state index contributed by atoms with van der Waals surface area (Å²) in [5.74, 6) is 0.172. The van der Waals surface area contributed by atoms with Crippen molar-refractivity contribution in [2.75, 3.05) is 31.6 Å². The fourth-order valence-corrected chi connectivity index (χ4v) is 6.10. The molecule has 0 bridgehead atoms. The maximum absolute atomic E-state index is 14.2. The van der Waals surface area contributed by atoms with Gasteiger partial charge in [0.25, 0.3) is 15.7 Å². The summed E-state index contributed by atoms with van der Waals surface area (Å²) in [6.07, 6.45) is 0.263. The third kappa shape index (κ3) is 8.72. The van der Waals surface area contributed by atoms with E-state index in [1.807, 2.05) is 13.8 Å². The molecule has 0 spiro atoms. The Balaban J connectivity index is 2.12. The topological polar surface area (TPSA) is 148 Å². The average molecular weight is 641 g/mol. The van der Waals surface area contributed by atoms with Gasteiger partial charge in [-0.1, -0.05) is 39.0 Å². The minimum Gasteiger partial charge on any atom is -0.497 e. The number of sulfonamides is 1. The number of benzene rings is 3. The van der Waals surface area contributed by atoms with Crippen molar-refractivity contribution < 1.29 is 32.4 Å². The average Bonchev–Trinajstić information content (AvgIpc) is 3.02. The van der Waals surface area contributed by atoms with Crippen LogP contribution in [0.3, 0.4) is 0 Å². The van der Waals surface area contributed by atoms with E-state index >= 15 is 0 Å². The number of aryl methyl sites for hydroxylation is 1. The third-order valence-electron chi connectivity index (χ3n) is 7.16. The minimum atomic E-state index is -4.51. The van der Waals surface area contributed by atoms with Crippen molar-refractivity contribution in [1.82, 2.24) is 10.2 Å². The van der Waals surface area contributed by atoms with Crippen molar-refractivity contribution in [1.29, 1.82) is 0 Å². The van der Waals surface area contributed by atoms with E-state index in [0.717, 1.165) is 10.4 Å². The number of nitro groups is 1. The second-order valence-corrected chi connectivity index (χ2v) is 12.7. The van der Waals surface area contributed by atoms with E-state index in [-0.39, 0.29) is 46.6 Å². The van der Waals surface area contributed by atoms with Crippen LogP contribution >= 0.6 is 0 Å². The van der Waals surface area contributed by atoms with E-state index in [9.17, 15) is 28.1 Å². The molecule has 0 aliphatic rings. The lowest BCUT2D eigenvalue weighted by Crippen LogP contribution is -2.52. The molecule has 3 rings (SSSR count). The number of carbonyl (C=O) groups excluding carboxylic acids is 2. The quantitative estimate of drug-likeness (QED) is 0.186. The van der Waals surface area contributed by atoms with Gasteiger partial charge in [0.05, 0.1) is 29.7 Å². The van der Waals surface area contributed by atoms with Gasteiger partial charge in [-0.05, 0) is 67.3 Å². The van der Waals surface area contributed by atoms with Crippen molar-refractivity contribution >= 4 is 33.2 Å². The van der Waals surface area contributed by atoms with Gasteiger partial charge < -0.3 is 19.7 Å². The van der Waals surface area contributed by atoms with Crippen LogP contribution in [-0.2, 0) is 26.2 Å². The maximum atomic E-state index is 14.2. The van der Waals surface area contributed by atoms with Crippen LogP contribution in [-0.4, -0.2) is 63.4 Å². The Morgan fingerprint density at radius 2 is 1.64 bits per heavy atom. The molecule has 0 aromatic heterocycles. The van der Waals surface area contributed by atoms with Crippen LogP contribution in [0.4, 0.5) is 11.4 Å². The maximum Gasteiger partial charge on any atom is 0.273 e. The molecular formula is C32H40N4O8S. The number of nitrogens with zero attached hydrogens (tertiary/aromatic N) is 3. The summed E-state index contributed by atoms with van der Waals surface area (Å²) in [6.45, 7) is 6.89. The lowest BCUT2D eigenvalue weighted by Gasteiger charge is -2.33. The first-order chi connectivity index (χ1) is 21.3. The summed E-state index contributed by atoms with van der Waals surface area (Å²) < 4.78 is 39.7. The predicted molar refractivity (Wildman–Crippen MR) is 171 cm³/mol. The second kappa shape index (κ2) is 15.4. The monoisotopic (exact) mass is 640 g/mol. The molecular weight excluding hydrogens is 600 g/mol. The van der Waals surface area contributed by atoms with E-state index in [0.29, 0.717) is 23.6 Å². The number of anilines is 1. The molecule has 3 aromatic rings. The van der Waals surface area contributed by atoms with Crippen LogP contribution in [0.15, 0.2) is 71.6 Å². The Bertz CT molecular complexity index is 1610. The summed E-state index contributed by atoms with van der Waals surface area (Å²) in [5, 5.41) is 14.5. The Morgan fingerprint density at radius 1 is 0.978 bits per heavy atom. The normalized spacial score (nSPS) is 11.9. The zero-order chi connectivity index (χ0) is 33.3. The van der Waals surface area contributed by atoms with Crippen molar-refractivity contribution in [3.05, 3.63) is 88.0 Å². The first kappa shape index (κ1) is 34.8. The summed E-state index contributed by atoms with van der Waals surface area (Å²) in [4.78, 5) is 39.6. The number of nitro benzene ring substituents is 1. The SMILES string of the molecule is CC[C@@H](C(=O)NCC(C)C)N(Cc1cccc(OC)c1)C(=O)CN(c1ccc(OC)cc1)S(=O)(=O)c1ccc(C)c([N+](=O)[O-])c1. The van der Waals surface area contributed by atoms with E-state index < -0.39 is 33.4 Å². The van der Waals surface area contributed by atoms with Gasteiger partial charge >= 0.3 is 0 Å². The van der Waals surface area contributed by atoms with Crippen molar-refractivity contribution in [2.24, 2.45) is 5.92 Å². The Kier molecular flexibility index (Phi) is 11.9. The van der Waals surface area contributed by atoms with Gasteiger partial charge in [-0.25, -0.2) is 8.42 Å². The molecule has 0 unspecified atom stereocenters. The van der Waals surface area contributed by atoms with E-state index in [4.69, 9.17) is 9.47 Å². The Labute approximate surface area is 264 Å². The van der Waals surface area contributed by atoms with Crippen LogP contribution in [0, 0.1) is 23.0 Å². The zero-order valence-electron chi connectivity index (χ0n) is 26.3. The Hall–Kier alpha value is -4.65. The van der Waals surface area contributed by atoms with Gasteiger partial charge in [0.2, 0.25) is 11.8 Å². The molecule has 1 N–H and O–H groups in total. The number of methoxy groups -OCH3 is 2. The van der Waals surface area contributed by atoms with Gasteiger partial charge in [0.15, 0.2) is 0 Å². The van der Waals surface area contributed by atoms with E-state index in [1.54, 1.807) is 43.3 Å². The largest absolute Gasteiger partial charge is 0.497 e. The van der Waals surface area contributed by atoms with Gasteiger partial charge in [-0.15, -0.1) is 0 Å². The molecule has 0 fully saturated rings.